The zero-order valence-corrected chi connectivity index (χ0v) is 12.5. The third-order valence-corrected chi connectivity index (χ3v) is 2.91. The van der Waals surface area contributed by atoms with Crippen LogP contribution in [0.5, 0.6) is 0 Å². The average molecular weight is 305 g/mol. The van der Waals surface area contributed by atoms with Gasteiger partial charge in [-0.05, 0) is 20.8 Å². The Bertz CT molecular complexity index is 379. The average Bonchev–Trinajstić information content (AvgIpc) is 2.78. The summed E-state index contributed by atoms with van der Waals surface area (Å²) in [5.74, 6) is -1.13. The third kappa shape index (κ3) is 5.49. The van der Waals surface area contributed by atoms with Crippen LogP contribution in [0.4, 0.5) is 4.79 Å². The van der Waals surface area contributed by atoms with Crippen molar-refractivity contribution >= 4 is 12.1 Å². The van der Waals surface area contributed by atoms with E-state index in [9.17, 15) is 19.8 Å². The number of hydrogen-bond donors (Lipinski definition) is 3. The number of aliphatic hydroxyl groups excluding tert-OH is 2. The van der Waals surface area contributed by atoms with Crippen LogP contribution in [-0.4, -0.2) is 75.9 Å². The van der Waals surface area contributed by atoms with Crippen molar-refractivity contribution in [2.75, 3.05) is 19.8 Å². The van der Waals surface area contributed by atoms with Crippen LogP contribution in [0.3, 0.4) is 0 Å². The number of ether oxygens (including phenoxy) is 2. The first-order valence-electron chi connectivity index (χ1n) is 6.77. The predicted octanol–water partition coefficient (Wildman–Crippen LogP) is -0.181. The molecule has 0 aromatic rings. The van der Waals surface area contributed by atoms with Crippen molar-refractivity contribution in [3.05, 3.63) is 0 Å². The maximum Gasteiger partial charge on any atom is 0.411 e. The molecule has 0 bridgehead atoms. The van der Waals surface area contributed by atoms with E-state index < -0.39 is 42.5 Å². The molecule has 1 heterocycles. The van der Waals surface area contributed by atoms with Crippen LogP contribution >= 0.6 is 0 Å². The van der Waals surface area contributed by atoms with Gasteiger partial charge in [-0.25, -0.2) is 9.59 Å². The SMILES string of the molecule is CC(C)(C)OC(=O)N1CC(OCC(O)CO)CC1C(=O)O. The fourth-order valence-corrected chi connectivity index (χ4v) is 1.97. The zero-order valence-electron chi connectivity index (χ0n) is 12.5. The van der Waals surface area contributed by atoms with E-state index in [1.807, 2.05) is 0 Å². The molecule has 8 nitrogen and oxygen atoms in total. The number of likely N-dealkylation sites (tertiary alicyclic amines) is 1. The molecule has 122 valence electrons. The van der Waals surface area contributed by atoms with Gasteiger partial charge in [0.2, 0.25) is 0 Å². The molecule has 1 saturated heterocycles. The minimum Gasteiger partial charge on any atom is -0.480 e. The highest BCUT2D eigenvalue weighted by Gasteiger charge is 2.42. The molecule has 3 unspecified atom stereocenters. The lowest BCUT2D eigenvalue weighted by molar-refractivity contribution is -0.142. The van der Waals surface area contributed by atoms with Crippen molar-refractivity contribution in [1.82, 2.24) is 4.90 Å². The molecule has 1 fully saturated rings. The number of carboxylic acid groups (broad SMARTS) is 1. The van der Waals surface area contributed by atoms with Gasteiger partial charge in [0.15, 0.2) is 0 Å². The van der Waals surface area contributed by atoms with Crippen LogP contribution in [0, 0.1) is 0 Å². The molecule has 3 N–H and O–H groups in total. The highest BCUT2D eigenvalue weighted by molar-refractivity contribution is 5.81. The Morgan fingerprint density at radius 3 is 2.48 bits per heavy atom. The minimum atomic E-state index is -1.13. The van der Waals surface area contributed by atoms with E-state index in [1.54, 1.807) is 20.8 Å². The Kier molecular flexibility index (Phi) is 5.94. The molecule has 1 rings (SSSR count). The van der Waals surface area contributed by atoms with Crippen molar-refractivity contribution in [3.8, 4) is 0 Å². The standard InChI is InChI=1S/C13H23NO7/c1-13(2,3)21-12(19)14-5-9(4-10(14)11(17)18)20-7-8(16)6-15/h8-10,15-16H,4-7H2,1-3H3,(H,17,18). The van der Waals surface area contributed by atoms with Crippen molar-refractivity contribution in [2.24, 2.45) is 0 Å². The van der Waals surface area contributed by atoms with Gasteiger partial charge in [-0.3, -0.25) is 4.90 Å². The molecule has 0 radical (unpaired) electrons. The molecule has 0 spiro atoms. The van der Waals surface area contributed by atoms with E-state index in [1.165, 1.54) is 0 Å². The molecule has 0 aliphatic carbocycles. The molecule has 1 aliphatic rings. The lowest BCUT2D eigenvalue weighted by Gasteiger charge is -2.26. The number of amides is 1. The molecular formula is C13H23NO7. The van der Waals surface area contributed by atoms with Crippen LogP contribution in [0.15, 0.2) is 0 Å². The Balaban J connectivity index is 2.65. The molecule has 0 aromatic carbocycles. The summed E-state index contributed by atoms with van der Waals surface area (Å²) in [6.07, 6.45) is -2.13. The maximum atomic E-state index is 12.0. The van der Waals surface area contributed by atoms with E-state index in [0.29, 0.717) is 0 Å². The summed E-state index contributed by atoms with van der Waals surface area (Å²) < 4.78 is 10.5. The first kappa shape index (κ1) is 17.7. The molecule has 1 amide bonds. The quantitative estimate of drug-likeness (QED) is 0.645. The Labute approximate surface area is 123 Å². The molecule has 0 aromatic heterocycles. The third-order valence-electron chi connectivity index (χ3n) is 2.91. The van der Waals surface area contributed by atoms with Gasteiger partial charge in [0, 0.05) is 6.42 Å². The van der Waals surface area contributed by atoms with Crippen LogP contribution < -0.4 is 0 Å². The number of hydrogen-bond acceptors (Lipinski definition) is 6. The van der Waals surface area contributed by atoms with E-state index in [0.717, 1.165) is 4.90 Å². The molecule has 21 heavy (non-hydrogen) atoms. The molecule has 0 saturated carbocycles. The van der Waals surface area contributed by atoms with Gasteiger partial charge in [-0.2, -0.15) is 0 Å². The first-order chi connectivity index (χ1) is 9.64. The van der Waals surface area contributed by atoms with Crippen molar-refractivity contribution in [3.63, 3.8) is 0 Å². The van der Waals surface area contributed by atoms with E-state index >= 15 is 0 Å². The number of rotatable bonds is 5. The van der Waals surface area contributed by atoms with E-state index in [4.69, 9.17) is 14.6 Å². The maximum absolute atomic E-state index is 12.0. The monoisotopic (exact) mass is 305 g/mol. The van der Waals surface area contributed by atoms with Gasteiger partial charge in [0.05, 0.1) is 25.9 Å². The summed E-state index contributed by atoms with van der Waals surface area (Å²) in [5.41, 5.74) is -0.716. The minimum absolute atomic E-state index is 0.0734. The number of aliphatic hydroxyl groups is 2. The molecule has 3 atom stereocenters. The Morgan fingerprint density at radius 1 is 1.38 bits per heavy atom. The normalized spacial score (nSPS) is 24.0. The lowest BCUT2D eigenvalue weighted by atomic mass is 10.2. The van der Waals surface area contributed by atoms with Gasteiger partial charge < -0.3 is 24.8 Å². The first-order valence-corrected chi connectivity index (χ1v) is 6.77. The predicted molar refractivity (Wildman–Crippen MR) is 71.8 cm³/mol. The largest absolute Gasteiger partial charge is 0.480 e. The fraction of sp³-hybridized carbons (Fsp3) is 0.846. The number of carbonyl (C=O) groups excluding carboxylic acids is 1. The second kappa shape index (κ2) is 7.06. The van der Waals surface area contributed by atoms with Crippen molar-refractivity contribution in [2.45, 2.75) is 51.0 Å². The van der Waals surface area contributed by atoms with Crippen molar-refractivity contribution < 1.29 is 34.4 Å². The summed E-state index contributed by atoms with van der Waals surface area (Å²) in [4.78, 5) is 24.4. The number of nitrogens with zero attached hydrogens (tertiary/aromatic N) is 1. The second-order valence-corrected chi connectivity index (χ2v) is 6.01. The van der Waals surface area contributed by atoms with Crippen LogP contribution in [0.25, 0.3) is 0 Å². The van der Waals surface area contributed by atoms with Crippen LogP contribution in [-0.2, 0) is 14.3 Å². The second-order valence-electron chi connectivity index (χ2n) is 6.01. The van der Waals surface area contributed by atoms with E-state index in [2.05, 4.69) is 0 Å². The topological polar surface area (TPSA) is 117 Å². The van der Waals surface area contributed by atoms with Gasteiger partial charge in [-0.15, -0.1) is 0 Å². The van der Waals surface area contributed by atoms with Gasteiger partial charge in [0.25, 0.3) is 0 Å². The van der Waals surface area contributed by atoms with Gasteiger partial charge in [-0.1, -0.05) is 0 Å². The zero-order chi connectivity index (χ0) is 16.2. The number of carboxylic acids is 1. The smallest absolute Gasteiger partial charge is 0.411 e. The van der Waals surface area contributed by atoms with Gasteiger partial charge in [0.1, 0.15) is 17.7 Å². The van der Waals surface area contributed by atoms with Crippen LogP contribution in [0.2, 0.25) is 0 Å². The van der Waals surface area contributed by atoms with Gasteiger partial charge >= 0.3 is 12.1 Å². The Morgan fingerprint density at radius 2 is 2.00 bits per heavy atom. The van der Waals surface area contributed by atoms with Crippen molar-refractivity contribution in [1.29, 1.82) is 0 Å². The molecular weight excluding hydrogens is 282 g/mol. The highest BCUT2D eigenvalue weighted by Crippen LogP contribution is 2.23. The number of aliphatic carboxylic acids is 1. The summed E-state index contributed by atoms with van der Waals surface area (Å²) >= 11 is 0. The summed E-state index contributed by atoms with van der Waals surface area (Å²) in [5, 5.41) is 27.1. The van der Waals surface area contributed by atoms with E-state index in [-0.39, 0.29) is 19.6 Å². The lowest BCUT2D eigenvalue weighted by Crippen LogP contribution is -2.43. The molecule has 1 aliphatic heterocycles. The Hall–Kier alpha value is -1.38. The summed E-state index contributed by atoms with van der Waals surface area (Å²) in [6, 6.07) is -1.02. The fourth-order valence-electron chi connectivity index (χ4n) is 1.97. The summed E-state index contributed by atoms with van der Waals surface area (Å²) in [6.45, 7) is 4.61. The van der Waals surface area contributed by atoms with Crippen LogP contribution in [0.1, 0.15) is 27.2 Å². The molecule has 8 heteroatoms. The number of carbonyl (C=O) groups is 2. The highest BCUT2D eigenvalue weighted by atomic mass is 16.6. The summed E-state index contributed by atoms with van der Waals surface area (Å²) in [7, 11) is 0.